The lowest BCUT2D eigenvalue weighted by atomic mass is 10.1. The Labute approximate surface area is 188 Å². The molecule has 0 unspecified atom stereocenters. The lowest BCUT2D eigenvalue weighted by molar-refractivity contribution is -0.137. The molecule has 0 saturated carbocycles. The van der Waals surface area contributed by atoms with Crippen LogP contribution in [0.5, 0.6) is 5.75 Å². The average Bonchev–Trinajstić information content (AvgIpc) is 2.79. The van der Waals surface area contributed by atoms with E-state index in [1.807, 2.05) is 0 Å². The van der Waals surface area contributed by atoms with Crippen LogP contribution in [0.25, 0.3) is 0 Å². The molecule has 1 atom stereocenters. The number of methoxy groups -OCH3 is 1. The van der Waals surface area contributed by atoms with E-state index in [1.54, 1.807) is 25.1 Å². The third-order valence-corrected chi connectivity index (χ3v) is 5.12. The number of aryl methyl sites for hydroxylation is 1. The molecule has 174 valence electrons. The minimum atomic E-state index is -4.49. The molecule has 0 aliphatic rings. The molecule has 0 radical (unpaired) electrons. The Morgan fingerprint density at radius 1 is 1.12 bits per heavy atom. The first-order chi connectivity index (χ1) is 15.6. The number of pyridine rings is 1. The smallest absolute Gasteiger partial charge is 0.417 e. The van der Waals surface area contributed by atoms with E-state index >= 15 is 0 Å². The van der Waals surface area contributed by atoms with Crippen LogP contribution in [-0.4, -0.2) is 29.7 Å². The summed E-state index contributed by atoms with van der Waals surface area (Å²) in [5.41, 5.74) is 0.909. The molecule has 0 bridgehead atoms. The third-order valence-electron chi connectivity index (χ3n) is 5.12. The summed E-state index contributed by atoms with van der Waals surface area (Å²) in [5.74, 6) is -0.567. The number of carbonyl (C=O) groups excluding carboxylic acids is 1. The Hall–Kier alpha value is -3.46. The Balaban J connectivity index is 1.87. The van der Waals surface area contributed by atoms with E-state index in [9.17, 15) is 27.5 Å². The molecule has 1 N–H and O–H groups in total. The van der Waals surface area contributed by atoms with Crippen molar-refractivity contribution in [1.82, 2.24) is 4.98 Å². The molecular weight excluding hydrogens is 440 g/mol. The standard InChI is InChI=1S/C24H22F4N2O3/c1-15-13-20(9-10-21(15)33-2)30(23(32)22(31)16-3-6-18(25)7-4-16)12-11-19-8-5-17(14-29-19)24(26,27)28/h3-10,13-14,22,31H,11-12H2,1-2H3/t22-/m1/s1. The van der Waals surface area contributed by atoms with E-state index in [4.69, 9.17) is 4.74 Å². The highest BCUT2D eigenvalue weighted by atomic mass is 19.4. The number of alkyl halides is 3. The Bertz CT molecular complexity index is 1100. The monoisotopic (exact) mass is 462 g/mol. The van der Waals surface area contributed by atoms with Gasteiger partial charge in [-0.15, -0.1) is 0 Å². The normalized spacial score (nSPS) is 12.3. The predicted octanol–water partition coefficient (Wildman–Crippen LogP) is 4.87. The van der Waals surface area contributed by atoms with Gasteiger partial charge in [0.05, 0.1) is 12.7 Å². The van der Waals surface area contributed by atoms with Crippen molar-refractivity contribution in [2.45, 2.75) is 25.6 Å². The molecule has 1 aromatic heterocycles. The van der Waals surface area contributed by atoms with Crippen LogP contribution in [0.3, 0.4) is 0 Å². The van der Waals surface area contributed by atoms with Crippen molar-refractivity contribution in [2.75, 3.05) is 18.6 Å². The zero-order chi connectivity index (χ0) is 24.2. The molecule has 0 aliphatic heterocycles. The number of amides is 1. The fourth-order valence-electron chi connectivity index (χ4n) is 3.30. The van der Waals surface area contributed by atoms with Gasteiger partial charge in [-0.05, 0) is 60.5 Å². The third kappa shape index (κ3) is 5.87. The van der Waals surface area contributed by atoms with Gasteiger partial charge in [0.25, 0.3) is 5.91 Å². The molecule has 0 aliphatic carbocycles. The summed E-state index contributed by atoms with van der Waals surface area (Å²) in [6.45, 7) is 1.83. The maximum atomic E-state index is 13.2. The van der Waals surface area contributed by atoms with E-state index < -0.39 is 29.6 Å². The minimum Gasteiger partial charge on any atom is -0.496 e. The molecular formula is C24H22F4N2O3. The first kappa shape index (κ1) is 24.2. The van der Waals surface area contributed by atoms with Crippen molar-refractivity contribution in [3.8, 4) is 5.75 Å². The Morgan fingerprint density at radius 3 is 2.36 bits per heavy atom. The lowest BCUT2D eigenvalue weighted by Gasteiger charge is -2.26. The summed E-state index contributed by atoms with van der Waals surface area (Å²) >= 11 is 0. The summed E-state index contributed by atoms with van der Waals surface area (Å²) < 4.78 is 56.8. The van der Waals surface area contributed by atoms with Crippen molar-refractivity contribution in [3.05, 3.63) is 89.0 Å². The summed E-state index contributed by atoms with van der Waals surface area (Å²) in [4.78, 5) is 18.3. The molecule has 0 spiro atoms. The quantitative estimate of drug-likeness (QED) is 0.509. The highest BCUT2D eigenvalue weighted by Gasteiger charge is 2.31. The molecule has 1 amide bonds. The van der Waals surface area contributed by atoms with Gasteiger partial charge < -0.3 is 14.7 Å². The van der Waals surface area contributed by atoms with E-state index in [0.717, 1.165) is 30.0 Å². The van der Waals surface area contributed by atoms with Crippen LogP contribution in [0.15, 0.2) is 60.8 Å². The van der Waals surface area contributed by atoms with E-state index in [-0.39, 0.29) is 18.5 Å². The van der Waals surface area contributed by atoms with Gasteiger partial charge >= 0.3 is 6.18 Å². The molecule has 5 nitrogen and oxygen atoms in total. The van der Waals surface area contributed by atoms with E-state index in [1.165, 1.54) is 30.2 Å². The number of rotatable bonds is 7. The van der Waals surface area contributed by atoms with Crippen LogP contribution in [0, 0.1) is 12.7 Å². The summed E-state index contributed by atoms with van der Waals surface area (Å²) in [5, 5.41) is 10.6. The van der Waals surface area contributed by atoms with Gasteiger partial charge in [0, 0.05) is 30.5 Å². The second-order valence-corrected chi connectivity index (χ2v) is 7.38. The number of benzene rings is 2. The number of ether oxygens (including phenoxy) is 1. The SMILES string of the molecule is COc1ccc(N(CCc2ccc(C(F)(F)F)cn2)C(=O)[C@H](O)c2ccc(F)cc2)cc1C. The van der Waals surface area contributed by atoms with Gasteiger partial charge in [0.15, 0.2) is 6.10 Å². The molecule has 0 fully saturated rings. The van der Waals surface area contributed by atoms with Gasteiger partial charge in [0.2, 0.25) is 0 Å². The van der Waals surface area contributed by atoms with Gasteiger partial charge in [-0.1, -0.05) is 12.1 Å². The van der Waals surface area contributed by atoms with Crippen molar-refractivity contribution in [3.63, 3.8) is 0 Å². The first-order valence-corrected chi connectivity index (χ1v) is 10.0. The number of anilines is 1. The average molecular weight is 462 g/mol. The summed E-state index contributed by atoms with van der Waals surface area (Å²) in [7, 11) is 1.51. The number of hydrogen-bond donors (Lipinski definition) is 1. The first-order valence-electron chi connectivity index (χ1n) is 10.0. The fourth-order valence-corrected chi connectivity index (χ4v) is 3.30. The van der Waals surface area contributed by atoms with Gasteiger partial charge in [-0.3, -0.25) is 9.78 Å². The van der Waals surface area contributed by atoms with Crippen LogP contribution in [-0.2, 0) is 17.4 Å². The highest BCUT2D eigenvalue weighted by molar-refractivity contribution is 5.97. The molecule has 9 heteroatoms. The Morgan fingerprint density at radius 2 is 1.82 bits per heavy atom. The molecule has 1 heterocycles. The summed E-state index contributed by atoms with van der Waals surface area (Å²) in [6, 6.07) is 12.1. The fraction of sp³-hybridized carbons (Fsp3) is 0.250. The van der Waals surface area contributed by atoms with E-state index in [2.05, 4.69) is 4.98 Å². The number of nitrogens with zero attached hydrogens (tertiary/aromatic N) is 2. The molecule has 2 aromatic carbocycles. The number of hydrogen-bond acceptors (Lipinski definition) is 4. The number of aliphatic hydroxyl groups excluding tert-OH is 1. The molecule has 3 aromatic rings. The zero-order valence-corrected chi connectivity index (χ0v) is 17.9. The molecule has 3 rings (SSSR count). The van der Waals surface area contributed by atoms with Gasteiger partial charge in [0.1, 0.15) is 11.6 Å². The number of aromatic nitrogens is 1. The van der Waals surface area contributed by atoms with Crippen LogP contribution in [0.4, 0.5) is 23.2 Å². The number of halogens is 4. The number of aliphatic hydroxyl groups is 1. The van der Waals surface area contributed by atoms with Crippen LogP contribution in [0.1, 0.15) is 28.5 Å². The van der Waals surface area contributed by atoms with Gasteiger partial charge in [-0.2, -0.15) is 13.2 Å². The highest BCUT2D eigenvalue weighted by Crippen LogP contribution is 2.29. The number of carbonyl (C=O) groups is 1. The largest absolute Gasteiger partial charge is 0.496 e. The molecule has 33 heavy (non-hydrogen) atoms. The van der Waals surface area contributed by atoms with E-state index in [0.29, 0.717) is 17.1 Å². The van der Waals surface area contributed by atoms with Crippen LogP contribution in [0.2, 0.25) is 0 Å². The van der Waals surface area contributed by atoms with Crippen molar-refractivity contribution >= 4 is 11.6 Å². The van der Waals surface area contributed by atoms with Gasteiger partial charge in [-0.25, -0.2) is 4.39 Å². The molecule has 0 saturated heterocycles. The van der Waals surface area contributed by atoms with Crippen LogP contribution < -0.4 is 9.64 Å². The summed E-state index contributed by atoms with van der Waals surface area (Å²) in [6.07, 6.45) is -5.17. The van der Waals surface area contributed by atoms with Crippen molar-refractivity contribution in [1.29, 1.82) is 0 Å². The van der Waals surface area contributed by atoms with Crippen molar-refractivity contribution in [2.24, 2.45) is 0 Å². The Kier molecular flexibility index (Phi) is 7.33. The predicted molar refractivity (Wildman–Crippen MR) is 114 cm³/mol. The second kappa shape index (κ2) is 9.99. The maximum absolute atomic E-state index is 13.2. The zero-order valence-electron chi connectivity index (χ0n) is 17.9. The minimum absolute atomic E-state index is 0.0429. The topological polar surface area (TPSA) is 62.7 Å². The van der Waals surface area contributed by atoms with Crippen molar-refractivity contribution < 1.29 is 32.2 Å². The maximum Gasteiger partial charge on any atom is 0.417 e. The van der Waals surface area contributed by atoms with Crippen LogP contribution >= 0.6 is 0 Å². The lowest BCUT2D eigenvalue weighted by Crippen LogP contribution is -2.37. The second-order valence-electron chi connectivity index (χ2n) is 7.38.